The van der Waals surface area contributed by atoms with Gasteiger partial charge in [0.2, 0.25) is 0 Å². The second-order valence-corrected chi connectivity index (χ2v) is 6.20. The van der Waals surface area contributed by atoms with Gasteiger partial charge in [-0.2, -0.15) is 0 Å². The van der Waals surface area contributed by atoms with Crippen LogP contribution in [-0.4, -0.2) is 29.8 Å². The molecule has 108 valence electrons. The Hall–Kier alpha value is -0.120. The first-order valence-electron chi connectivity index (χ1n) is 7.74. The molecule has 3 unspecified atom stereocenters. The minimum atomic E-state index is 0.0518. The van der Waals surface area contributed by atoms with Crippen molar-refractivity contribution in [1.82, 2.24) is 5.32 Å². The molecule has 1 aliphatic rings. The Morgan fingerprint density at radius 2 is 2.06 bits per heavy atom. The van der Waals surface area contributed by atoms with Gasteiger partial charge in [0, 0.05) is 24.7 Å². The van der Waals surface area contributed by atoms with Gasteiger partial charge >= 0.3 is 0 Å². The number of hydrogen-bond donors (Lipinski definition) is 3. The maximum absolute atomic E-state index is 9.38. The number of aliphatic hydroxyl groups is 1. The number of rotatable bonds is 9. The molecule has 4 N–H and O–H groups in total. The third-order valence-electron chi connectivity index (χ3n) is 4.46. The van der Waals surface area contributed by atoms with Gasteiger partial charge in [0.15, 0.2) is 0 Å². The summed E-state index contributed by atoms with van der Waals surface area (Å²) in [5.74, 6) is 0.437. The van der Waals surface area contributed by atoms with E-state index in [1.54, 1.807) is 0 Å². The highest BCUT2D eigenvalue weighted by atomic mass is 16.3. The normalized spacial score (nSPS) is 27.3. The quantitative estimate of drug-likeness (QED) is 0.555. The van der Waals surface area contributed by atoms with E-state index in [0.717, 1.165) is 12.8 Å². The van der Waals surface area contributed by atoms with Gasteiger partial charge < -0.3 is 16.2 Å². The van der Waals surface area contributed by atoms with Gasteiger partial charge in [-0.15, -0.1) is 0 Å². The van der Waals surface area contributed by atoms with Crippen molar-refractivity contribution in [3.63, 3.8) is 0 Å². The Bertz CT molecular complexity index is 223. The molecular formula is C15H32N2O. The Kier molecular flexibility index (Phi) is 7.20. The fourth-order valence-corrected chi connectivity index (χ4v) is 3.07. The van der Waals surface area contributed by atoms with Gasteiger partial charge in [0.05, 0.1) is 0 Å². The smallest absolute Gasteiger partial charge is 0.0474 e. The second kappa shape index (κ2) is 8.13. The third-order valence-corrected chi connectivity index (χ3v) is 4.46. The van der Waals surface area contributed by atoms with Gasteiger partial charge in [0.1, 0.15) is 0 Å². The molecule has 0 aliphatic heterocycles. The van der Waals surface area contributed by atoms with Crippen LogP contribution >= 0.6 is 0 Å². The fraction of sp³-hybridized carbons (Fsp3) is 1.00. The molecule has 1 aliphatic carbocycles. The lowest BCUT2D eigenvalue weighted by molar-refractivity contribution is 0.180. The molecule has 1 saturated carbocycles. The van der Waals surface area contributed by atoms with Crippen molar-refractivity contribution >= 4 is 0 Å². The summed E-state index contributed by atoms with van der Waals surface area (Å²) in [5, 5.41) is 13.1. The van der Waals surface area contributed by atoms with E-state index in [1.165, 1.54) is 38.5 Å². The van der Waals surface area contributed by atoms with E-state index in [9.17, 15) is 5.11 Å². The zero-order valence-electron chi connectivity index (χ0n) is 12.3. The molecule has 3 heteroatoms. The highest BCUT2D eigenvalue weighted by Gasteiger charge is 2.32. The highest BCUT2D eigenvalue weighted by molar-refractivity contribution is 4.92. The van der Waals surface area contributed by atoms with Crippen molar-refractivity contribution in [2.24, 2.45) is 11.7 Å². The lowest BCUT2D eigenvalue weighted by Gasteiger charge is -2.35. The molecule has 1 fully saturated rings. The van der Waals surface area contributed by atoms with Crippen molar-refractivity contribution in [3.05, 3.63) is 0 Å². The van der Waals surface area contributed by atoms with Crippen molar-refractivity contribution in [1.29, 1.82) is 0 Å². The van der Waals surface area contributed by atoms with Gasteiger partial charge in [-0.1, -0.05) is 39.0 Å². The van der Waals surface area contributed by atoms with Gasteiger partial charge in [0.25, 0.3) is 0 Å². The molecule has 1 rings (SSSR count). The van der Waals surface area contributed by atoms with Gasteiger partial charge in [-0.3, -0.25) is 0 Å². The Morgan fingerprint density at radius 1 is 1.28 bits per heavy atom. The molecule has 0 spiro atoms. The number of unbranched alkanes of at least 4 members (excludes halogenated alkanes) is 3. The van der Waals surface area contributed by atoms with E-state index in [-0.39, 0.29) is 5.54 Å². The van der Waals surface area contributed by atoms with E-state index >= 15 is 0 Å². The summed E-state index contributed by atoms with van der Waals surface area (Å²) in [4.78, 5) is 0. The predicted molar refractivity (Wildman–Crippen MR) is 77.6 cm³/mol. The van der Waals surface area contributed by atoms with Crippen LogP contribution < -0.4 is 11.1 Å². The van der Waals surface area contributed by atoms with Crippen molar-refractivity contribution < 1.29 is 5.11 Å². The molecule has 3 atom stereocenters. The summed E-state index contributed by atoms with van der Waals surface area (Å²) in [6.45, 7) is 5.48. The van der Waals surface area contributed by atoms with E-state index in [2.05, 4.69) is 19.2 Å². The van der Waals surface area contributed by atoms with E-state index in [0.29, 0.717) is 25.1 Å². The lowest BCUT2D eigenvalue weighted by atomic mass is 9.91. The van der Waals surface area contributed by atoms with E-state index < -0.39 is 0 Å². The van der Waals surface area contributed by atoms with Gasteiger partial charge in [-0.05, 0) is 32.1 Å². The lowest BCUT2D eigenvalue weighted by Crippen LogP contribution is -2.54. The molecule has 0 aromatic heterocycles. The summed E-state index contributed by atoms with van der Waals surface area (Å²) in [5.41, 5.74) is 6.01. The average Bonchev–Trinajstić information content (AvgIpc) is 2.82. The SMILES string of the molecule is CCCCCCC(C)(CN)NC1CCCC1CO. The summed E-state index contributed by atoms with van der Waals surface area (Å²) in [6, 6.07) is 0.467. The Labute approximate surface area is 113 Å². The molecule has 0 aromatic carbocycles. The average molecular weight is 256 g/mol. The fourth-order valence-electron chi connectivity index (χ4n) is 3.07. The van der Waals surface area contributed by atoms with Gasteiger partial charge in [-0.25, -0.2) is 0 Å². The van der Waals surface area contributed by atoms with Crippen LogP contribution in [0.3, 0.4) is 0 Å². The number of aliphatic hydroxyl groups excluding tert-OH is 1. The first kappa shape index (κ1) is 15.9. The topological polar surface area (TPSA) is 58.3 Å². The van der Waals surface area contributed by atoms with Crippen molar-refractivity contribution in [2.45, 2.75) is 76.8 Å². The molecule has 0 amide bonds. The summed E-state index contributed by atoms with van der Waals surface area (Å²) in [6.07, 6.45) is 9.90. The zero-order valence-corrected chi connectivity index (χ0v) is 12.3. The van der Waals surface area contributed by atoms with Crippen LogP contribution in [0.15, 0.2) is 0 Å². The molecular weight excluding hydrogens is 224 g/mol. The molecule has 0 heterocycles. The van der Waals surface area contributed by atoms with Crippen LogP contribution in [0, 0.1) is 5.92 Å². The van der Waals surface area contributed by atoms with Crippen LogP contribution in [0.4, 0.5) is 0 Å². The van der Waals surface area contributed by atoms with E-state index in [1.807, 2.05) is 0 Å². The van der Waals surface area contributed by atoms with Crippen molar-refractivity contribution in [3.8, 4) is 0 Å². The number of nitrogens with one attached hydrogen (secondary N) is 1. The zero-order chi connectivity index (χ0) is 13.4. The molecule has 0 bridgehead atoms. The molecule has 0 saturated heterocycles. The minimum Gasteiger partial charge on any atom is -0.396 e. The monoisotopic (exact) mass is 256 g/mol. The summed E-state index contributed by atoms with van der Waals surface area (Å²) >= 11 is 0. The number of hydrogen-bond acceptors (Lipinski definition) is 3. The first-order valence-corrected chi connectivity index (χ1v) is 7.74. The third kappa shape index (κ3) is 4.87. The Balaban J connectivity index is 2.38. The van der Waals surface area contributed by atoms with Crippen LogP contribution in [0.5, 0.6) is 0 Å². The van der Waals surface area contributed by atoms with Crippen molar-refractivity contribution in [2.75, 3.05) is 13.2 Å². The summed E-state index contributed by atoms with van der Waals surface area (Å²) < 4.78 is 0. The van der Waals surface area contributed by atoms with Crippen LogP contribution in [-0.2, 0) is 0 Å². The van der Waals surface area contributed by atoms with Crippen LogP contribution in [0.1, 0.15) is 65.2 Å². The first-order chi connectivity index (χ1) is 8.65. The molecule has 0 aromatic rings. The second-order valence-electron chi connectivity index (χ2n) is 6.20. The van der Waals surface area contributed by atoms with Crippen LogP contribution in [0.2, 0.25) is 0 Å². The molecule has 18 heavy (non-hydrogen) atoms. The maximum Gasteiger partial charge on any atom is 0.0474 e. The molecule has 0 radical (unpaired) electrons. The maximum atomic E-state index is 9.38. The summed E-state index contributed by atoms with van der Waals surface area (Å²) in [7, 11) is 0. The largest absolute Gasteiger partial charge is 0.396 e. The van der Waals surface area contributed by atoms with E-state index in [4.69, 9.17) is 5.73 Å². The predicted octanol–water partition coefficient (Wildman–Crippen LogP) is 2.42. The highest BCUT2D eigenvalue weighted by Crippen LogP contribution is 2.28. The Morgan fingerprint density at radius 3 is 2.67 bits per heavy atom. The minimum absolute atomic E-state index is 0.0518. The molecule has 3 nitrogen and oxygen atoms in total. The number of nitrogens with two attached hydrogens (primary N) is 1. The van der Waals surface area contributed by atoms with Crippen LogP contribution in [0.25, 0.3) is 0 Å². The standard InChI is InChI=1S/C15H32N2O/c1-3-4-5-6-10-15(2,12-16)17-14-9-7-8-13(14)11-18/h13-14,17-18H,3-12,16H2,1-2H3.